The highest BCUT2D eigenvalue weighted by Gasteiger charge is 2.09. The molecule has 20 heavy (non-hydrogen) atoms. The van der Waals surface area contributed by atoms with E-state index < -0.39 is 4.92 Å². The van der Waals surface area contributed by atoms with Gasteiger partial charge in [-0.3, -0.25) is 10.1 Å². The summed E-state index contributed by atoms with van der Waals surface area (Å²) in [6, 6.07) is 8.14. The van der Waals surface area contributed by atoms with Gasteiger partial charge in [0, 0.05) is 36.5 Å². The van der Waals surface area contributed by atoms with Crippen molar-refractivity contribution in [2.45, 2.75) is 6.92 Å². The fraction of sp³-hybridized carbons (Fsp3) is 0.231. The molecular weight excluding hydrogens is 258 g/mol. The van der Waals surface area contributed by atoms with Crippen LogP contribution in [-0.2, 0) is 0 Å². The third-order valence-electron chi connectivity index (χ3n) is 2.63. The molecule has 0 spiro atoms. The average Bonchev–Trinajstić information content (AvgIpc) is 2.44. The molecule has 2 aromatic rings. The van der Waals surface area contributed by atoms with Crippen LogP contribution in [0.4, 0.5) is 11.6 Å². The van der Waals surface area contributed by atoms with E-state index in [4.69, 9.17) is 5.73 Å². The molecule has 7 nitrogen and oxygen atoms in total. The van der Waals surface area contributed by atoms with Gasteiger partial charge < -0.3 is 11.1 Å². The zero-order valence-corrected chi connectivity index (χ0v) is 11.0. The summed E-state index contributed by atoms with van der Waals surface area (Å²) >= 11 is 0. The van der Waals surface area contributed by atoms with Gasteiger partial charge in [-0.25, -0.2) is 9.97 Å². The Morgan fingerprint density at radius 3 is 2.85 bits per heavy atom. The van der Waals surface area contributed by atoms with Crippen LogP contribution in [0.5, 0.6) is 0 Å². The number of nitrogens with one attached hydrogen (secondary N) is 1. The van der Waals surface area contributed by atoms with Crippen molar-refractivity contribution in [2.24, 2.45) is 5.73 Å². The monoisotopic (exact) mass is 273 g/mol. The molecule has 2 rings (SSSR count). The normalized spacial score (nSPS) is 10.3. The van der Waals surface area contributed by atoms with Crippen molar-refractivity contribution in [2.75, 3.05) is 18.4 Å². The molecule has 0 aliphatic heterocycles. The van der Waals surface area contributed by atoms with Crippen LogP contribution in [0.25, 0.3) is 11.3 Å². The first-order chi connectivity index (χ1) is 9.60. The summed E-state index contributed by atoms with van der Waals surface area (Å²) in [4.78, 5) is 19.0. The molecule has 1 aromatic heterocycles. The Balaban J connectivity index is 2.38. The van der Waals surface area contributed by atoms with Crippen molar-refractivity contribution in [1.29, 1.82) is 0 Å². The van der Waals surface area contributed by atoms with Gasteiger partial charge in [-0.15, -0.1) is 0 Å². The predicted molar refractivity (Wildman–Crippen MR) is 76.4 cm³/mol. The smallest absolute Gasteiger partial charge is 0.270 e. The van der Waals surface area contributed by atoms with Crippen LogP contribution in [-0.4, -0.2) is 28.0 Å². The van der Waals surface area contributed by atoms with Crippen molar-refractivity contribution in [3.8, 4) is 11.3 Å². The summed E-state index contributed by atoms with van der Waals surface area (Å²) in [5.74, 6) is 0.469. The Morgan fingerprint density at radius 2 is 2.15 bits per heavy atom. The lowest BCUT2D eigenvalue weighted by Crippen LogP contribution is -2.15. The Morgan fingerprint density at radius 1 is 1.35 bits per heavy atom. The zero-order chi connectivity index (χ0) is 14.5. The molecule has 0 saturated carbocycles. The van der Waals surface area contributed by atoms with Gasteiger partial charge in [0.05, 0.1) is 10.6 Å². The highest BCUT2D eigenvalue weighted by molar-refractivity contribution is 5.63. The molecule has 0 aliphatic carbocycles. The molecule has 0 amide bonds. The highest BCUT2D eigenvalue weighted by Crippen LogP contribution is 2.23. The van der Waals surface area contributed by atoms with Gasteiger partial charge in [-0.1, -0.05) is 12.1 Å². The first kappa shape index (κ1) is 13.9. The average molecular weight is 273 g/mol. The first-order valence-electron chi connectivity index (χ1n) is 6.14. The Kier molecular flexibility index (Phi) is 4.21. The van der Waals surface area contributed by atoms with E-state index in [0.29, 0.717) is 30.3 Å². The van der Waals surface area contributed by atoms with Gasteiger partial charge in [0.2, 0.25) is 5.95 Å². The summed E-state index contributed by atoms with van der Waals surface area (Å²) in [5, 5.41) is 13.8. The van der Waals surface area contributed by atoms with Gasteiger partial charge in [0.15, 0.2) is 0 Å². The number of non-ortho nitro benzene ring substituents is 1. The molecule has 0 fully saturated rings. The number of benzene rings is 1. The highest BCUT2D eigenvalue weighted by atomic mass is 16.6. The fourth-order valence-electron chi connectivity index (χ4n) is 1.76. The minimum atomic E-state index is -0.425. The number of aromatic nitrogens is 2. The topological polar surface area (TPSA) is 107 Å². The zero-order valence-electron chi connectivity index (χ0n) is 11.0. The lowest BCUT2D eigenvalue weighted by molar-refractivity contribution is -0.384. The number of anilines is 1. The number of nitro groups is 1. The summed E-state index contributed by atoms with van der Waals surface area (Å²) < 4.78 is 0. The number of nitrogens with zero attached hydrogens (tertiary/aromatic N) is 3. The van der Waals surface area contributed by atoms with Crippen molar-refractivity contribution in [3.05, 3.63) is 46.1 Å². The van der Waals surface area contributed by atoms with Crippen molar-refractivity contribution >= 4 is 11.6 Å². The largest absolute Gasteiger partial charge is 0.353 e. The molecule has 7 heteroatoms. The standard InChI is InChI=1S/C13H15N5O2/c1-9-7-12(17-13(16-9)15-6-5-14)10-3-2-4-11(8-10)18(19)20/h2-4,7-8H,5-6,14H2,1H3,(H,15,16,17). The third-order valence-corrected chi connectivity index (χ3v) is 2.63. The van der Waals surface area contributed by atoms with E-state index in [1.165, 1.54) is 12.1 Å². The van der Waals surface area contributed by atoms with Crippen LogP contribution in [0.3, 0.4) is 0 Å². The third kappa shape index (κ3) is 3.27. The Bertz CT molecular complexity index is 630. The molecule has 1 aromatic carbocycles. The second-order valence-electron chi connectivity index (χ2n) is 4.24. The van der Waals surface area contributed by atoms with Gasteiger partial charge in [0.25, 0.3) is 5.69 Å². The van der Waals surface area contributed by atoms with Gasteiger partial charge in [-0.2, -0.15) is 0 Å². The van der Waals surface area contributed by atoms with E-state index in [2.05, 4.69) is 15.3 Å². The molecule has 104 valence electrons. The Labute approximate surface area is 116 Å². The molecular formula is C13H15N5O2. The lowest BCUT2D eigenvalue weighted by atomic mass is 10.1. The van der Waals surface area contributed by atoms with Crippen LogP contribution in [0.15, 0.2) is 30.3 Å². The molecule has 0 radical (unpaired) electrons. The molecule has 3 N–H and O–H groups in total. The number of hydrogen-bond acceptors (Lipinski definition) is 6. The van der Waals surface area contributed by atoms with E-state index in [1.54, 1.807) is 18.2 Å². The summed E-state index contributed by atoms with van der Waals surface area (Å²) in [5.41, 5.74) is 7.56. The number of aryl methyl sites for hydroxylation is 1. The lowest BCUT2D eigenvalue weighted by Gasteiger charge is -2.07. The molecule has 0 bridgehead atoms. The second-order valence-corrected chi connectivity index (χ2v) is 4.24. The van der Waals surface area contributed by atoms with Crippen LogP contribution in [0, 0.1) is 17.0 Å². The van der Waals surface area contributed by atoms with Crippen LogP contribution >= 0.6 is 0 Å². The second kappa shape index (κ2) is 6.07. The molecule has 0 atom stereocenters. The summed E-state index contributed by atoms with van der Waals surface area (Å²) in [7, 11) is 0. The molecule has 0 saturated heterocycles. The van der Waals surface area contributed by atoms with E-state index in [1.807, 2.05) is 6.92 Å². The van der Waals surface area contributed by atoms with E-state index in [9.17, 15) is 10.1 Å². The van der Waals surface area contributed by atoms with Gasteiger partial charge in [-0.05, 0) is 13.0 Å². The summed E-state index contributed by atoms with van der Waals surface area (Å²) in [6.45, 7) is 2.89. The van der Waals surface area contributed by atoms with Crippen molar-refractivity contribution < 1.29 is 4.92 Å². The van der Waals surface area contributed by atoms with Crippen molar-refractivity contribution in [3.63, 3.8) is 0 Å². The maximum absolute atomic E-state index is 10.8. The minimum absolute atomic E-state index is 0.0373. The number of nitrogens with two attached hydrogens (primary N) is 1. The van der Waals surface area contributed by atoms with E-state index >= 15 is 0 Å². The number of rotatable bonds is 5. The van der Waals surface area contributed by atoms with Crippen LogP contribution in [0.1, 0.15) is 5.69 Å². The predicted octanol–water partition coefficient (Wildman–Crippen LogP) is 1.73. The van der Waals surface area contributed by atoms with Crippen LogP contribution in [0.2, 0.25) is 0 Å². The quantitative estimate of drug-likeness (QED) is 0.634. The SMILES string of the molecule is Cc1cc(-c2cccc([N+](=O)[O-])c2)nc(NCCN)n1. The molecule has 0 unspecified atom stereocenters. The fourth-order valence-corrected chi connectivity index (χ4v) is 1.76. The van der Waals surface area contributed by atoms with Gasteiger partial charge >= 0.3 is 0 Å². The Hall–Kier alpha value is -2.54. The molecule has 1 heterocycles. The van der Waals surface area contributed by atoms with Crippen molar-refractivity contribution in [1.82, 2.24) is 9.97 Å². The maximum atomic E-state index is 10.8. The van der Waals surface area contributed by atoms with E-state index in [0.717, 1.165) is 5.69 Å². The maximum Gasteiger partial charge on any atom is 0.270 e. The summed E-state index contributed by atoms with van der Waals surface area (Å²) in [6.07, 6.45) is 0. The molecule has 0 aliphatic rings. The van der Waals surface area contributed by atoms with Crippen LogP contribution < -0.4 is 11.1 Å². The van der Waals surface area contributed by atoms with E-state index in [-0.39, 0.29) is 5.69 Å². The number of hydrogen-bond donors (Lipinski definition) is 2. The van der Waals surface area contributed by atoms with Gasteiger partial charge in [0.1, 0.15) is 0 Å². The number of nitro benzene ring substituents is 1. The minimum Gasteiger partial charge on any atom is -0.353 e. The first-order valence-corrected chi connectivity index (χ1v) is 6.14.